The third-order valence-corrected chi connectivity index (χ3v) is 3.65. The van der Waals surface area contributed by atoms with Gasteiger partial charge in [-0.15, -0.1) is 0 Å². The zero-order valence-electron chi connectivity index (χ0n) is 12.1. The molecule has 24 heavy (non-hydrogen) atoms. The van der Waals surface area contributed by atoms with Crippen molar-refractivity contribution in [1.29, 1.82) is 0 Å². The maximum absolute atomic E-state index is 12.6. The molecule has 120 valence electrons. The summed E-state index contributed by atoms with van der Waals surface area (Å²) in [5, 5.41) is 24.1. The summed E-state index contributed by atoms with van der Waals surface area (Å²) in [6, 6.07) is 7.36. The molecule has 1 aliphatic rings. The molecule has 0 bridgehead atoms. The molecule has 0 aliphatic heterocycles. The van der Waals surface area contributed by atoms with Gasteiger partial charge in [0.15, 0.2) is 16.7 Å². The monoisotopic (exact) mass is 341 g/mol. The Morgan fingerprint density at radius 1 is 1.12 bits per heavy atom. The Bertz CT molecular complexity index is 937. The van der Waals surface area contributed by atoms with Gasteiger partial charge in [0.1, 0.15) is 11.5 Å². The number of hydrazone groups is 1. The Morgan fingerprint density at radius 2 is 1.71 bits per heavy atom. The summed E-state index contributed by atoms with van der Waals surface area (Å²) >= 11 is 4.59. The van der Waals surface area contributed by atoms with E-state index in [1.165, 1.54) is 12.1 Å². The number of nitrogens with two attached hydrogens (primary N) is 1. The number of rotatable bonds is 2. The number of nitrogens with one attached hydrogen (secondary N) is 1. The summed E-state index contributed by atoms with van der Waals surface area (Å²) in [5.74, 6) is -1.96. The number of phenolic OH excluding ortho intramolecular Hbond substituents is 2. The van der Waals surface area contributed by atoms with Gasteiger partial charge in [-0.05, 0) is 18.3 Å². The van der Waals surface area contributed by atoms with Gasteiger partial charge in [-0.1, -0.05) is 24.3 Å². The second-order valence-electron chi connectivity index (χ2n) is 5.02. The predicted octanol–water partition coefficient (Wildman–Crippen LogP) is 1.04. The Hall–Kier alpha value is -3.26. The molecule has 0 saturated heterocycles. The molecular formula is C16H11N3O4S. The van der Waals surface area contributed by atoms with E-state index >= 15 is 0 Å². The summed E-state index contributed by atoms with van der Waals surface area (Å²) in [4.78, 5) is 25.2. The first kappa shape index (κ1) is 15.6. The number of fused-ring (bicyclic) bond motifs is 2. The molecule has 7 nitrogen and oxygen atoms in total. The minimum atomic E-state index is -0.550. The van der Waals surface area contributed by atoms with Crippen LogP contribution in [0.5, 0.6) is 11.5 Å². The summed E-state index contributed by atoms with van der Waals surface area (Å²) in [7, 11) is 0. The van der Waals surface area contributed by atoms with E-state index in [4.69, 9.17) is 5.73 Å². The molecule has 0 atom stereocenters. The number of carbonyl (C=O) groups excluding carboxylic acids is 2. The number of ketones is 2. The highest BCUT2D eigenvalue weighted by atomic mass is 32.1. The lowest BCUT2D eigenvalue weighted by Crippen LogP contribution is -2.24. The summed E-state index contributed by atoms with van der Waals surface area (Å²) < 4.78 is 0. The largest absolute Gasteiger partial charge is 0.507 e. The lowest BCUT2D eigenvalue weighted by atomic mass is 9.82. The van der Waals surface area contributed by atoms with E-state index in [-0.39, 0.29) is 32.9 Å². The Balaban J connectivity index is 2.19. The molecule has 2 aromatic carbocycles. The zero-order chi connectivity index (χ0) is 17.4. The maximum Gasteiger partial charge on any atom is 0.198 e. The zero-order valence-corrected chi connectivity index (χ0v) is 12.9. The van der Waals surface area contributed by atoms with Crippen LogP contribution >= 0.6 is 12.2 Å². The van der Waals surface area contributed by atoms with Crippen LogP contribution in [0.25, 0.3) is 0 Å². The molecule has 3 rings (SSSR count). The van der Waals surface area contributed by atoms with Crippen LogP contribution in [0.1, 0.15) is 37.4 Å². The molecule has 0 heterocycles. The lowest BCUT2D eigenvalue weighted by Gasteiger charge is -2.20. The van der Waals surface area contributed by atoms with E-state index in [0.29, 0.717) is 0 Å². The molecular weight excluding hydrogens is 330 g/mol. The lowest BCUT2D eigenvalue weighted by molar-refractivity contribution is 0.0974. The van der Waals surface area contributed by atoms with E-state index in [1.807, 2.05) is 0 Å². The first-order valence-corrected chi connectivity index (χ1v) is 7.18. The molecule has 1 aliphatic carbocycles. The van der Waals surface area contributed by atoms with Crippen LogP contribution in [0, 0.1) is 0 Å². The van der Waals surface area contributed by atoms with Crippen molar-refractivity contribution in [1.82, 2.24) is 5.43 Å². The van der Waals surface area contributed by atoms with Crippen molar-refractivity contribution in [3.63, 3.8) is 0 Å². The van der Waals surface area contributed by atoms with E-state index in [2.05, 4.69) is 22.7 Å². The molecule has 8 heteroatoms. The predicted molar refractivity (Wildman–Crippen MR) is 90.6 cm³/mol. The van der Waals surface area contributed by atoms with Crippen molar-refractivity contribution in [2.24, 2.45) is 10.8 Å². The van der Waals surface area contributed by atoms with Gasteiger partial charge in [0, 0.05) is 16.7 Å². The van der Waals surface area contributed by atoms with Crippen molar-refractivity contribution < 1.29 is 19.8 Å². The highest BCUT2D eigenvalue weighted by Crippen LogP contribution is 2.39. The van der Waals surface area contributed by atoms with Crippen LogP contribution in [0.4, 0.5) is 0 Å². The number of hydrogen-bond acceptors (Lipinski definition) is 6. The summed E-state index contributed by atoms with van der Waals surface area (Å²) in [6.07, 6.45) is 1.13. The number of aromatic hydroxyl groups is 2. The number of hydrogen-bond donors (Lipinski definition) is 4. The SMILES string of the molecule is NC(=S)N/N=C/c1cc(O)c2c(c1O)C(=O)c1ccccc1C2=O. The van der Waals surface area contributed by atoms with Crippen molar-refractivity contribution in [3.8, 4) is 11.5 Å². The van der Waals surface area contributed by atoms with Crippen molar-refractivity contribution in [2.45, 2.75) is 0 Å². The molecule has 2 aromatic rings. The fraction of sp³-hybridized carbons (Fsp3) is 0. The average Bonchev–Trinajstić information content (AvgIpc) is 2.55. The first-order chi connectivity index (χ1) is 11.4. The van der Waals surface area contributed by atoms with Crippen LogP contribution in [0.2, 0.25) is 0 Å². The highest BCUT2D eigenvalue weighted by molar-refractivity contribution is 7.80. The highest BCUT2D eigenvalue weighted by Gasteiger charge is 2.35. The van der Waals surface area contributed by atoms with Crippen LogP contribution in [-0.4, -0.2) is 33.1 Å². The second kappa shape index (κ2) is 5.74. The number of thiocarbonyl (C=S) groups is 1. The second-order valence-corrected chi connectivity index (χ2v) is 5.46. The van der Waals surface area contributed by atoms with Gasteiger partial charge in [-0.25, -0.2) is 0 Å². The molecule has 0 fully saturated rings. The van der Waals surface area contributed by atoms with E-state index in [9.17, 15) is 19.8 Å². The Labute approximate surface area is 141 Å². The van der Waals surface area contributed by atoms with Gasteiger partial charge in [0.2, 0.25) is 0 Å². The van der Waals surface area contributed by atoms with Gasteiger partial charge in [-0.2, -0.15) is 5.10 Å². The number of carbonyl (C=O) groups is 2. The van der Waals surface area contributed by atoms with Crippen molar-refractivity contribution >= 4 is 35.1 Å². The normalized spacial score (nSPS) is 12.8. The Morgan fingerprint density at radius 3 is 2.29 bits per heavy atom. The third kappa shape index (κ3) is 2.38. The summed E-state index contributed by atoms with van der Waals surface area (Å²) in [6.45, 7) is 0. The van der Waals surface area contributed by atoms with E-state index in [0.717, 1.165) is 12.3 Å². The standard InChI is InChI=1S/C16H11N3O4S/c17-16(24)19-18-6-7-5-10(20)11-12(13(7)21)15(23)9-4-2-1-3-8(9)14(11)22/h1-6,20-21H,(H3,17,19,24)/b18-6+. The quantitative estimate of drug-likeness (QED) is 0.237. The molecule has 0 saturated carbocycles. The van der Waals surface area contributed by atoms with Crippen LogP contribution in [0.15, 0.2) is 35.4 Å². The fourth-order valence-corrected chi connectivity index (χ4v) is 2.59. The minimum Gasteiger partial charge on any atom is -0.507 e. The van der Waals surface area contributed by atoms with Gasteiger partial charge in [-0.3, -0.25) is 15.0 Å². The summed E-state index contributed by atoms with van der Waals surface area (Å²) in [5.41, 5.74) is 7.42. The molecule has 0 spiro atoms. The fourth-order valence-electron chi connectivity index (χ4n) is 2.54. The van der Waals surface area contributed by atoms with Gasteiger partial charge < -0.3 is 15.9 Å². The number of nitrogens with zero attached hydrogens (tertiary/aromatic N) is 1. The number of phenols is 2. The molecule has 5 N–H and O–H groups in total. The minimum absolute atomic E-state index is 0.0375. The molecule has 0 radical (unpaired) electrons. The first-order valence-electron chi connectivity index (χ1n) is 6.77. The Kier molecular flexibility index (Phi) is 3.74. The van der Waals surface area contributed by atoms with Crippen LogP contribution in [0.3, 0.4) is 0 Å². The van der Waals surface area contributed by atoms with Gasteiger partial charge >= 0.3 is 0 Å². The topological polar surface area (TPSA) is 125 Å². The van der Waals surface area contributed by atoms with Gasteiger partial charge in [0.05, 0.1) is 17.3 Å². The third-order valence-electron chi connectivity index (χ3n) is 3.56. The van der Waals surface area contributed by atoms with Crippen LogP contribution in [-0.2, 0) is 0 Å². The molecule has 0 amide bonds. The smallest absolute Gasteiger partial charge is 0.198 e. The molecule has 0 unspecified atom stereocenters. The maximum atomic E-state index is 12.6. The van der Waals surface area contributed by atoms with Crippen molar-refractivity contribution in [3.05, 3.63) is 58.1 Å². The van der Waals surface area contributed by atoms with E-state index < -0.39 is 23.1 Å². The van der Waals surface area contributed by atoms with Crippen LogP contribution < -0.4 is 11.2 Å². The van der Waals surface area contributed by atoms with E-state index in [1.54, 1.807) is 12.1 Å². The number of benzene rings is 2. The van der Waals surface area contributed by atoms with Crippen molar-refractivity contribution in [2.75, 3.05) is 0 Å². The average molecular weight is 341 g/mol. The van der Waals surface area contributed by atoms with Gasteiger partial charge in [0.25, 0.3) is 0 Å². The molecule has 0 aromatic heterocycles.